The molecule has 0 spiro atoms. The highest BCUT2D eigenvalue weighted by Gasteiger charge is 2.28. The summed E-state index contributed by atoms with van der Waals surface area (Å²) in [6.45, 7) is 1.28. The third kappa shape index (κ3) is 4.77. The number of hydrogen-bond acceptors (Lipinski definition) is 5. The van der Waals surface area contributed by atoms with Crippen molar-refractivity contribution in [1.29, 1.82) is 0 Å². The van der Waals surface area contributed by atoms with Crippen LogP contribution in [0, 0.1) is 5.95 Å². The maximum absolute atomic E-state index is 13.5. The summed E-state index contributed by atoms with van der Waals surface area (Å²) >= 11 is 7.57. The lowest BCUT2D eigenvalue weighted by molar-refractivity contribution is 0.101. The molecule has 1 amide bonds. The molecule has 1 aromatic carbocycles. The molecule has 1 fully saturated rings. The van der Waals surface area contributed by atoms with E-state index in [0.717, 1.165) is 25.1 Å². The van der Waals surface area contributed by atoms with E-state index < -0.39 is 5.95 Å². The first kappa shape index (κ1) is 21.6. The SMILES string of the molecule is O=C(Nc1nc([C@H]2CCCN2c2ccccc2)cs1)c1cc(Cl)cn1Cc1ccnc(F)c1. The maximum Gasteiger partial charge on any atom is 0.274 e. The molecule has 1 aliphatic heterocycles. The summed E-state index contributed by atoms with van der Waals surface area (Å²) in [6, 6.07) is 15.1. The van der Waals surface area contributed by atoms with Crippen molar-refractivity contribution in [1.82, 2.24) is 14.5 Å². The molecule has 9 heteroatoms. The van der Waals surface area contributed by atoms with Crippen molar-refractivity contribution in [3.63, 3.8) is 0 Å². The number of carbonyl (C=O) groups excluding carboxylic acids is 1. The van der Waals surface area contributed by atoms with E-state index in [1.54, 1.807) is 22.9 Å². The minimum absolute atomic E-state index is 0.189. The molecule has 0 radical (unpaired) electrons. The number of aromatic nitrogens is 3. The Bertz CT molecular complexity index is 1270. The lowest BCUT2D eigenvalue weighted by Gasteiger charge is -2.25. The summed E-state index contributed by atoms with van der Waals surface area (Å²) in [6.07, 6.45) is 5.17. The lowest BCUT2D eigenvalue weighted by Crippen LogP contribution is -2.22. The Kier molecular flexibility index (Phi) is 6.11. The van der Waals surface area contributed by atoms with E-state index >= 15 is 0 Å². The number of pyridine rings is 1. The van der Waals surface area contributed by atoms with Crippen molar-refractivity contribution in [2.75, 3.05) is 16.8 Å². The molecular weight excluding hydrogens is 461 g/mol. The van der Waals surface area contributed by atoms with Crippen molar-refractivity contribution in [3.05, 3.63) is 94.2 Å². The van der Waals surface area contributed by atoms with Crippen molar-refractivity contribution < 1.29 is 9.18 Å². The molecule has 1 saturated heterocycles. The van der Waals surface area contributed by atoms with Gasteiger partial charge in [0.2, 0.25) is 5.95 Å². The molecule has 0 unspecified atom stereocenters. The van der Waals surface area contributed by atoms with Gasteiger partial charge in [0.25, 0.3) is 5.91 Å². The zero-order chi connectivity index (χ0) is 22.8. The summed E-state index contributed by atoms with van der Waals surface area (Å²) in [5.74, 6) is -0.882. The van der Waals surface area contributed by atoms with Gasteiger partial charge in [-0.1, -0.05) is 29.8 Å². The number of thiazole rings is 1. The molecule has 0 bridgehead atoms. The molecule has 0 saturated carbocycles. The van der Waals surface area contributed by atoms with Gasteiger partial charge < -0.3 is 9.47 Å². The molecule has 33 heavy (non-hydrogen) atoms. The molecule has 168 valence electrons. The summed E-state index contributed by atoms with van der Waals surface area (Å²) in [7, 11) is 0. The van der Waals surface area contributed by atoms with Gasteiger partial charge in [-0.15, -0.1) is 11.3 Å². The fourth-order valence-electron chi connectivity index (χ4n) is 4.19. The Morgan fingerprint density at radius 1 is 1.24 bits per heavy atom. The molecule has 1 aliphatic rings. The van der Waals surface area contributed by atoms with Gasteiger partial charge >= 0.3 is 0 Å². The predicted molar refractivity (Wildman–Crippen MR) is 129 cm³/mol. The third-order valence-corrected chi connectivity index (χ3v) is 6.65. The highest BCUT2D eigenvalue weighted by Crippen LogP contribution is 2.37. The van der Waals surface area contributed by atoms with Gasteiger partial charge in [-0.3, -0.25) is 10.1 Å². The minimum atomic E-state index is -0.566. The van der Waals surface area contributed by atoms with E-state index in [4.69, 9.17) is 16.6 Å². The van der Waals surface area contributed by atoms with E-state index in [1.165, 1.54) is 29.3 Å². The van der Waals surface area contributed by atoms with Gasteiger partial charge in [0.15, 0.2) is 5.13 Å². The molecule has 1 N–H and O–H groups in total. The van der Waals surface area contributed by atoms with Crippen LogP contribution in [0.4, 0.5) is 15.2 Å². The smallest absolute Gasteiger partial charge is 0.274 e. The van der Waals surface area contributed by atoms with Gasteiger partial charge in [-0.05, 0) is 48.7 Å². The quantitative estimate of drug-likeness (QED) is 0.355. The van der Waals surface area contributed by atoms with E-state index in [1.807, 2.05) is 23.6 Å². The monoisotopic (exact) mass is 481 g/mol. The first-order valence-electron chi connectivity index (χ1n) is 10.6. The molecule has 0 aliphatic carbocycles. The molecule has 4 aromatic rings. The standard InChI is InChI=1S/C24H21ClFN5OS/c25-17-12-21(30(14-17)13-16-8-9-27-22(26)11-16)23(32)29-24-28-19(15-33-24)20-7-4-10-31(20)18-5-2-1-3-6-18/h1-3,5-6,8-9,11-12,14-15,20H,4,7,10,13H2,(H,28,29,32)/t20-/m1/s1. The zero-order valence-electron chi connectivity index (χ0n) is 17.6. The molecule has 5 rings (SSSR count). The fourth-order valence-corrected chi connectivity index (χ4v) is 5.17. The number of benzene rings is 1. The Labute approximate surface area is 199 Å². The van der Waals surface area contributed by atoms with E-state index in [-0.39, 0.29) is 11.9 Å². The van der Waals surface area contributed by atoms with Crippen LogP contribution in [0.3, 0.4) is 0 Å². The zero-order valence-corrected chi connectivity index (χ0v) is 19.2. The first-order valence-corrected chi connectivity index (χ1v) is 11.9. The summed E-state index contributed by atoms with van der Waals surface area (Å²) in [5.41, 5.74) is 3.19. The van der Waals surface area contributed by atoms with Crippen LogP contribution in [-0.4, -0.2) is 27.0 Å². The Morgan fingerprint density at radius 3 is 2.91 bits per heavy atom. The van der Waals surface area contributed by atoms with Crippen LogP contribution in [0.2, 0.25) is 5.02 Å². The lowest BCUT2D eigenvalue weighted by atomic mass is 10.1. The average molecular weight is 482 g/mol. The topological polar surface area (TPSA) is 63.1 Å². The summed E-state index contributed by atoms with van der Waals surface area (Å²) in [5, 5.41) is 5.86. The molecule has 6 nitrogen and oxygen atoms in total. The van der Waals surface area contributed by atoms with Gasteiger partial charge in [0.1, 0.15) is 5.69 Å². The first-order chi connectivity index (χ1) is 16.1. The van der Waals surface area contributed by atoms with Crippen LogP contribution in [0.1, 0.15) is 40.6 Å². The predicted octanol–water partition coefficient (Wildman–Crippen LogP) is 5.77. The van der Waals surface area contributed by atoms with Crippen molar-refractivity contribution in [3.8, 4) is 0 Å². The number of halogens is 2. The van der Waals surface area contributed by atoms with Crippen LogP contribution in [0.15, 0.2) is 66.3 Å². The number of nitrogens with zero attached hydrogens (tertiary/aromatic N) is 4. The van der Waals surface area contributed by atoms with E-state index in [2.05, 4.69) is 27.3 Å². The third-order valence-electron chi connectivity index (χ3n) is 5.66. The van der Waals surface area contributed by atoms with Crippen LogP contribution in [0.5, 0.6) is 0 Å². The second kappa shape index (κ2) is 9.33. The van der Waals surface area contributed by atoms with E-state index in [0.29, 0.717) is 28.0 Å². The van der Waals surface area contributed by atoms with Gasteiger partial charge in [0, 0.05) is 36.6 Å². The van der Waals surface area contributed by atoms with E-state index in [9.17, 15) is 9.18 Å². The largest absolute Gasteiger partial charge is 0.363 e. The van der Waals surface area contributed by atoms with Crippen LogP contribution in [-0.2, 0) is 6.54 Å². The Hall–Kier alpha value is -3.23. The minimum Gasteiger partial charge on any atom is -0.363 e. The van der Waals surface area contributed by atoms with Crippen molar-refractivity contribution in [2.24, 2.45) is 0 Å². The number of para-hydroxylation sites is 1. The Morgan fingerprint density at radius 2 is 2.09 bits per heavy atom. The van der Waals surface area contributed by atoms with Crippen LogP contribution < -0.4 is 10.2 Å². The number of anilines is 2. The number of rotatable bonds is 6. The van der Waals surface area contributed by atoms with Crippen LogP contribution >= 0.6 is 22.9 Å². The second-order valence-electron chi connectivity index (χ2n) is 7.88. The number of hydrogen-bond donors (Lipinski definition) is 1. The van der Waals surface area contributed by atoms with Gasteiger partial charge in [0.05, 0.1) is 16.8 Å². The second-order valence-corrected chi connectivity index (χ2v) is 9.17. The molecule has 4 heterocycles. The molecular formula is C24H21ClFN5OS. The maximum atomic E-state index is 13.5. The van der Waals surface area contributed by atoms with Crippen LogP contribution in [0.25, 0.3) is 0 Å². The molecule has 1 atom stereocenters. The van der Waals surface area contributed by atoms with Gasteiger partial charge in [-0.25, -0.2) is 9.97 Å². The highest BCUT2D eigenvalue weighted by molar-refractivity contribution is 7.14. The Balaban J connectivity index is 1.32. The van der Waals surface area contributed by atoms with Gasteiger partial charge in [-0.2, -0.15) is 4.39 Å². The number of nitrogens with one attached hydrogen (secondary N) is 1. The molecule has 3 aromatic heterocycles. The summed E-state index contributed by atoms with van der Waals surface area (Å²) in [4.78, 5) is 23.6. The normalized spacial score (nSPS) is 15.7. The fraction of sp³-hybridized carbons (Fsp3) is 0.208. The number of amides is 1. The highest BCUT2D eigenvalue weighted by atomic mass is 35.5. The summed E-state index contributed by atoms with van der Waals surface area (Å²) < 4.78 is 15.1. The number of carbonyl (C=O) groups is 1. The van der Waals surface area contributed by atoms with Crippen molar-refractivity contribution >= 4 is 39.7 Å². The average Bonchev–Trinajstić information content (AvgIpc) is 3.54. The van der Waals surface area contributed by atoms with Crippen molar-refractivity contribution in [2.45, 2.75) is 25.4 Å².